The Morgan fingerprint density at radius 3 is 2.63 bits per heavy atom. The summed E-state index contributed by atoms with van der Waals surface area (Å²) >= 11 is 1.23. The lowest BCUT2D eigenvalue weighted by molar-refractivity contribution is 0.438. The molecule has 1 aromatic carbocycles. The molecule has 0 amide bonds. The van der Waals surface area contributed by atoms with Gasteiger partial charge in [-0.2, -0.15) is 0 Å². The van der Waals surface area contributed by atoms with Crippen LogP contribution in [0.4, 0.5) is 8.78 Å². The zero-order valence-corrected chi connectivity index (χ0v) is 18.3. The normalized spacial score (nSPS) is 14.2. The van der Waals surface area contributed by atoms with Crippen molar-refractivity contribution in [2.45, 2.75) is 30.9 Å². The Morgan fingerprint density at radius 2 is 2.04 bits per heavy atom. The molecular weight excluding hydrogens is 464 g/mol. The number of hydrogen-bond donors (Lipinski definition) is 3. The maximum absolute atomic E-state index is 14.2. The lowest BCUT2D eigenvalue weighted by Crippen LogP contribution is -2.29. The quantitative estimate of drug-likeness (QED) is 0.287. The molecule has 2 rings (SSSR count). The van der Waals surface area contributed by atoms with Crippen molar-refractivity contribution in [2.75, 3.05) is 6.54 Å². The second-order valence-electron chi connectivity index (χ2n) is 6.71. The Hall–Kier alpha value is -1.27. The van der Waals surface area contributed by atoms with E-state index in [1.807, 2.05) is 19.6 Å². The van der Waals surface area contributed by atoms with Crippen molar-refractivity contribution in [3.8, 4) is 22.8 Å². The number of aromatic hydroxyl groups is 1. The highest BCUT2D eigenvalue weighted by molar-refractivity contribution is 9.09. The first kappa shape index (κ1) is 22.0. The third-order valence-corrected chi connectivity index (χ3v) is 5.50. The van der Waals surface area contributed by atoms with E-state index in [4.69, 9.17) is 13.4 Å². The van der Waals surface area contributed by atoms with Gasteiger partial charge in [0.05, 0.1) is 10.4 Å². The van der Waals surface area contributed by atoms with E-state index in [1.165, 1.54) is 0 Å². The van der Waals surface area contributed by atoms with E-state index in [0.29, 0.717) is 6.42 Å². The Labute approximate surface area is 167 Å². The maximum Gasteiger partial charge on any atom is 0.242 e. The molecule has 0 aliphatic rings. The molecule has 1 heterocycles. The van der Waals surface area contributed by atoms with Gasteiger partial charge in [-0.05, 0) is 44.3 Å². The molecule has 150 valence electrons. The van der Waals surface area contributed by atoms with Crippen molar-refractivity contribution in [3.63, 3.8) is 0 Å². The first-order valence-electron chi connectivity index (χ1n) is 7.98. The van der Waals surface area contributed by atoms with Crippen LogP contribution in [0.25, 0.3) is 11.3 Å². The van der Waals surface area contributed by atoms with Crippen LogP contribution in [-0.2, 0) is 11.3 Å². The molecule has 2 unspecified atom stereocenters. The van der Waals surface area contributed by atoms with E-state index >= 15 is 0 Å². The minimum Gasteiger partial charge on any atom is -0.539 e. The molecule has 27 heavy (non-hydrogen) atoms. The van der Waals surface area contributed by atoms with Crippen LogP contribution >= 0.6 is 15.9 Å². The predicted octanol–water partition coefficient (Wildman–Crippen LogP) is 4.70. The van der Waals surface area contributed by atoms with Gasteiger partial charge in [0, 0.05) is 6.54 Å². The molecule has 3 N–H and O–H groups in total. The number of halogens is 3. The van der Waals surface area contributed by atoms with E-state index in [1.54, 1.807) is 0 Å². The molecule has 0 bridgehead atoms. The Balaban J connectivity index is 2.48. The highest BCUT2D eigenvalue weighted by Crippen LogP contribution is 2.49. The Morgan fingerprint density at radius 1 is 1.37 bits per heavy atom. The van der Waals surface area contributed by atoms with E-state index in [-0.39, 0.29) is 29.4 Å². The van der Waals surface area contributed by atoms with Crippen molar-refractivity contribution in [2.24, 2.45) is 0 Å². The summed E-state index contributed by atoms with van der Waals surface area (Å²) in [6.45, 7) is 5.85. The molecule has 0 aliphatic carbocycles. The second kappa shape index (κ2) is 8.82. The topological polar surface area (TPSA) is 91.9 Å². The van der Waals surface area contributed by atoms with Gasteiger partial charge in [0.1, 0.15) is 11.6 Å². The van der Waals surface area contributed by atoms with Crippen molar-refractivity contribution >= 4 is 35.5 Å². The molecular formula is C16H20BrF2NO5SSi. The molecule has 0 saturated heterocycles. The lowest BCUT2D eigenvalue weighted by atomic mass is 10.1. The molecule has 0 saturated carbocycles. The van der Waals surface area contributed by atoms with Crippen LogP contribution in [0.3, 0.4) is 0 Å². The third-order valence-electron chi connectivity index (χ3n) is 3.36. The zero-order chi connectivity index (χ0) is 20.4. The molecule has 0 spiro atoms. The van der Waals surface area contributed by atoms with Crippen molar-refractivity contribution < 1.29 is 31.5 Å². The standard InChI is InChI=1S/C16H20BrF2NO5SSi/c1-27(2,3)25-16-13(21)14(10-8-9(18)4-5-12(10)19)24-15(16)11(17)6-7-20-26(22)23/h4-5,8,11,20-21H,6-7H2,1-3H3,(H,22,23). The number of furan rings is 1. The van der Waals surface area contributed by atoms with Gasteiger partial charge in [-0.1, -0.05) is 15.9 Å². The van der Waals surface area contributed by atoms with Crippen LogP contribution in [0.1, 0.15) is 17.0 Å². The van der Waals surface area contributed by atoms with E-state index < -0.39 is 41.8 Å². The largest absolute Gasteiger partial charge is 0.539 e. The second-order valence-corrected chi connectivity index (χ2v) is 13.0. The summed E-state index contributed by atoms with van der Waals surface area (Å²) in [4.78, 5) is -0.504. The van der Waals surface area contributed by atoms with Crippen LogP contribution in [0, 0.1) is 11.6 Å². The first-order chi connectivity index (χ1) is 12.5. The minimum atomic E-state index is -2.18. The first-order valence-corrected chi connectivity index (χ1v) is 13.4. The maximum atomic E-state index is 14.2. The number of hydrogen-bond acceptors (Lipinski definition) is 4. The third kappa shape index (κ3) is 5.85. The monoisotopic (exact) mass is 483 g/mol. The fourth-order valence-electron chi connectivity index (χ4n) is 2.29. The fourth-order valence-corrected chi connectivity index (χ4v) is 3.93. The average molecular weight is 484 g/mol. The summed E-state index contributed by atoms with van der Waals surface area (Å²) in [6, 6.07) is 2.83. The number of rotatable bonds is 8. The fraction of sp³-hybridized carbons (Fsp3) is 0.375. The predicted molar refractivity (Wildman–Crippen MR) is 105 cm³/mol. The van der Waals surface area contributed by atoms with Crippen LogP contribution in [0.15, 0.2) is 22.6 Å². The smallest absolute Gasteiger partial charge is 0.242 e. The SMILES string of the molecule is C[Si](C)(C)Oc1c(C(Br)CCNS(=O)O)oc(-c2cc(F)ccc2F)c1O. The average Bonchev–Trinajstić information content (AvgIpc) is 2.85. The van der Waals surface area contributed by atoms with E-state index in [9.17, 15) is 18.1 Å². The van der Waals surface area contributed by atoms with Gasteiger partial charge in [-0.25, -0.2) is 17.7 Å². The highest BCUT2D eigenvalue weighted by Gasteiger charge is 2.31. The zero-order valence-electron chi connectivity index (χ0n) is 14.9. The molecule has 0 aliphatic heterocycles. The van der Waals surface area contributed by atoms with E-state index in [2.05, 4.69) is 20.7 Å². The number of nitrogens with one attached hydrogen (secondary N) is 1. The van der Waals surface area contributed by atoms with Crippen LogP contribution in [-0.4, -0.2) is 28.7 Å². The summed E-state index contributed by atoms with van der Waals surface area (Å²) in [5.41, 5.74) is -0.228. The van der Waals surface area contributed by atoms with Crippen LogP contribution < -0.4 is 9.15 Å². The molecule has 11 heteroatoms. The van der Waals surface area contributed by atoms with Gasteiger partial charge in [-0.15, -0.1) is 0 Å². The minimum absolute atomic E-state index is 0.0554. The lowest BCUT2D eigenvalue weighted by Gasteiger charge is -2.20. The summed E-state index contributed by atoms with van der Waals surface area (Å²) in [5.74, 6) is -1.84. The Bertz CT molecular complexity index is 843. The van der Waals surface area contributed by atoms with Gasteiger partial charge in [0.15, 0.2) is 17.3 Å². The number of alkyl halides is 1. The van der Waals surface area contributed by atoms with Gasteiger partial charge in [0.25, 0.3) is 0 Å². The van der Waals surface area contributed by atoms with Gasteiger partial charge < -0.3 is 13.9 Å². The molecule has 0 radical (unpaired) electrons. The van der Waals surface area contributed by atoms with Crippen molar-refractivity contribution in [1.29, 1.82) is 0 Å². The molecule has 2 aromatic rings. The summed E-state index contributed by atoms with van der Waals surface area (Å²) in [6.07, 6.45) is 0.312. The van der Waals surface area contributed by atoms with Crippen LogP contribution in [0.2, 0.25) is 19.6 Å². The van der Waals surface area contributed by atoms with Crippen molar-refractivity contribution in [1.82, 2.24) is 4.72 Å². The highest BCUT2D eigenvalue weighted by atomic mass is 79.9. The van der Waals surface area contributed by atoms with Gasteiger partial charge in [-0.3, -0.25) is 4.55 Å². The molecule has 1 aromatic heterocycles. The summed E-state index contributed by atoms with van der Waals surface area (Å²) in [5, 5.41) is 10.6. The van der Waals surface area contributed by atoms with Crippen molar-refractivity contribution in [3.05, 3.63) is 35.6 Å². The van der Waals surface area contributed by atoms with Gasteiger partial charge in [0.2, 0.25) is 25.3 Å². The summed E-state index contributed by atoms with van der Waals surface area (Å²) < 4.78 is 61.1. The molecule has 0 fully saturated rings. The summed E-state index contributed by atoms with van der Waals surface area (Å²) in [7, 11) is -2.18. The molecule has 2 atom stereocenters. The molecule has 6 nitrogen and oxygen atoms in total. The number of benzene rings is 1. The van der Waals surface area contributed by atoms with Gasteiger partial charge >= 0.3 is 0 Å². The van der Waals surface area contributed by atoms with Crippen LogP contribution in [0.5, 0.6) is 11.5 Å². The Kier molecular flexibility index (Phi) is 7.19. The van der Waals surface area contributed by atoms with E-state index in [0.717, 1.165) is 18.2 Å².